The van der Waals surface area contributed by atoms with E-state index in [1.807, 2.05) is 0 Å². The van der Waals surface area contributed by atoms with Crippen molar-refractivity contribution < 1.29 is 35.8 Å². The fourth-order valence-electron chi connectivity index (χ4n) is 1.70. The smallest absolute Gasteiger partial charge is 0.406 e. The average molecular weight is 321 g/mol. The molecule has 0 saturated carbocycles. The molecule has 2 rings (SSSR count). The number of benzene rings is 2. The molecule has 0 bridgehead atoms. The van der Waals surface area contributed by atoms with E-state index in [9.17, 15) is 26.3 Å². The third kappa shape index (κ3) is 4.87. The van der Waals surface area contributed by atoms with Gasteiger partial charge in [-0.25, -0.2) is 0 Å². The molecule has 1 radical (unpaired) electrons. The summed E-state index contributed by atoms with van der Waals surface area (Å²) in [5.74, 6) is -1.62. The predicted molar refractivity (Wildman–Crippen MR) is 64.1 cm³/mol. The maximum atomic E-state index is 12.3. The number of hydrogen-bond donors (Lipinski definition) is 0. The second-order valence-corrected chi connectivity index (χ2v) is 4.08. The summed E-state index contributed by atoms with van der Waals surface area (Å²) in [6.45, 7) is 0. The Bertz CT molecular complexity index is 600. The minimum absolute atomic E-state index is 0.0675. The van der Waals surface area contributed by atoms with Crippen molar-refractivity contribution in [2.75, 3.05) is 0 Å². The summed E-state index contributed by atoms with van der Waals surface area (Å²) in [7, 11) is 0. The quantitative estimate of drug-likeness (QED) is 0.745. The van der Waals surface area contributed by atoms with Gasteiger partial charge in [0.2, 0.25) is 0 Å². The Morgan fingerprint density at radius 2 is 1.32 bits per heavy atom. The molecule has 0 amide bonds. The normalized spacial score (nSPS) is 12.1. The molecule has 0 aliphatic carbocycles. The van der Waals surface area contributed by atoms with Crippen molar-refractivity contribution in [1.29, 1.82) is 0 Å². The molecule has 0 fully saturated rings. The number of halogens is 6. The van der Waals surface area contributed by atoms with Crippen LogP contribution in [0, 0.1) is 6.07 Å². The van der Waals surface area contributed by atoms with Crippen LogP contribution in [0.25, 0.3) is 11.1 Å². The lowest BCUT2D eigenvalue weighted by Gasteiger charge is -2.14. The molecule has 8 heteroatoms. The van der Waals surface area contributed by atoms with Crippen molar-refractivity contribution in [3.05, 3.63) is 48.5 Å². The fourth-order valence-corrected chi connectivity index (χ4v) is 1.70. The van der Waals surface area contributed by atoms with Crippen LogP contribution in [-0.2, 0) is 0 Å². The van der Waals surface area contributed by atoms with Crippen molar-refractivity contribution >= 4 is 0 Å². The van der Waals surface area contributed by atoms with Gasteiger partial charge in [0.05, 0.1) is 0 Å². The molecule has 0 unspecified atom stereocenters. The molecular weight excluding hydrogens is 314 g/mol. The topological polar surface area (TPSA) is 18.5 Å². The predicted octanol–water partition coefficient (Wildman–Crippen LogP) is 4.95. The third-order valence-corrected chi connectivity index (χ3v) is 2.39. The SMILES string of the molecule is FC(F)(F)Oc1cc(OC(F)(F)F)cc(-c2c[c]ccc2)c1. The van der Waals surface area contributed by atoms with Crippen molar-refractivity contribution in [3.63, 3.8) is 0 Å². The van der Waals surface area contributed by atoms with Gasteiger partial charge in [-0.1, -0.05) is 18.2 Å². The van der Waals surface area contributed by atoms with Gasteiger partial charge in [-0.3, -0.25) is 0 Å². The summed E-state index contributed by atoms with van der Waals surface area (Å²) in [5.41, 5.74) is 0.431. The number of alkyl halides is 6. The largest absolute Gasteiger partial charge is 0.573 e. The summed E-state index contributed by atoms with van der Waals surface area (Å²) in [6.07, 6.45) is -10.1. The summed E-state index contributed by atoms with van der Waals surface area (Å²) < 4.78 is 80.8. The molecule has 0 saturated heterocycles. The molecule has 22 heavy (non-hydrogen) atoms. The van der Waals surface area contributed by atoms with Gasteiger partial charge >= 0.3 is 12.7 Å². The van der Waals surface area contributed by atoms with Gasteiger partial charge < -0.3 is 9.47 Å². The highest BCUT2D eigenvalue weighted by Crippen LogP contribution is 2.34. The van der Waals surface area contributed by atoms with E-state index in [4.69, 9.17) is 0 Å². The van der Waals surface area contributed by atoms with Gasteiger partial charge in [-0.15, -0.1) is 26.3 Å². The zero-order chi connectivity index (χ0) is 16.4. The third-order valence-electron chi connectivity index (χ3n) is 2.39. The van der Waals surface area contributed by atoms with Crippen LogP contribution in [0.5, 0.6) is 11.5 Å². The van der Waals surface area contributed by atoms with Gasteiger partial charge in [-0.05, 0) is 35.4 Å². The first-order valence-electron chi connectivity index (χ1n) is 5.75. The Morgan fingerprint density at radius 1 is 0.773 bits per heavy atom. The number of ether oxygens (including phenoxy) is 2. The fraction of sp³-hybridized carbons (Fsp3) is 0.143. The highest BCUT2D eigenvalue weighted by molar-refractivity contribution is 5.67. The van der Waals surface area contributed by atoms with Crippen LogP contribution in [0.2, 0.25) is 0 Å². The molecule has 0 aromatic heterocycles. The van der Waals surface area contributed by atoms with Crippen molar-refractivity contribution in [2.45, 2.75) is 12.7 Å². The van der Waals surface area contributed by atoms with Gasteiger partial charge in [0.25, 0.3) is 0 Å². The summed E-state index contributed by atoms with van der Waals surface area (Å²) in [4.78, 5) is 0. The minimum atomic E-state index is -5.03. The molecule has 0 atom stereocenters. The molecule has 2 nitrogen and oxygen atoms in total. The molecule has 2 aromatic rings. The zero-order valence-corrected chi connectivity index (χ0v) is 10.6. The second kappa shape index (κ2) is 5.78. The molecule has 0 aliphatic rings. The Kier molecular flexibility index (Phi) is 4.20. The molecule has 117 valence electrons. The maximum absolute atomic E-state index is 12.3. The first kappa shape index (κ1) is 16.0. The van der Waals surface area contributed by atoms with Crippen LogP contribution in [0.3, 0.4) is 0 Å². The summed E-state index contributed by atoms with van der Waals surface area (Å²) in [6, 6.07) is 11.1. The molecule has 0 spiro atoms. The molecular formula is C14H7F6O2. The summed E-state index contributed by atoms with van der Waals surface area (Å²) in [5, 5.41) is 0. The average Bonchev–Trinajstić information content (AvgIpc) is 2.35. The molecule has 0 aliphatic heterocycles. The van der Waals surface area contributed by atoms with E-state index in [2.05, 4.69) is 15.5 Å². The van der Waals surface area contributed by atoms with E-state index >= 15 is 0 Å². The highest BCUT2D eigenvalue weighted by atomic mass is 19.4. The van der Waals surface area contributed by atoms with Crippen LogP contribution < -0.4 is 9.47 Å². The van der Waals surface area contributed by atoms with E-state index in [0.29, 0.717) is 11.6 Å². The first-order valence-corrected chi connectivity index (χ1v) is 5.75. The standard InChI is InChI=1S/C14H7F6O2/c15-13(16,17)21-11-6-10(9-4-2-1-3-5-9)7-12(8-11)22-14(18,19)20/h1-2,4-8H. The first-order chi connectivity index (χ1) is 10.1. The van der Waals surface area contributed by atoms with Crippen molar-refractivity contribution in [3.8, 4) is 22.6 Å². The van der Waals surface area contributed by atoms with Gasteiger partial charge in [-0.2, -0.15) is 0 Å². The molecule has 0 N–H and O–H groups in total. The molecule has 0 heterocycles. The van der Waals surface area contributed by atoms with E-state index < -0.39 is 24.2 Å². The van der Waals surface area contributed by atoms with E-state index in [1.165, 1.54) is 24.3 Å². The minimum Gasteiger partial charge on any atom is -0.406 e. The van der Waals surface area contributed by atoms with Crippen LogP contribution in [0.1, 0.15) is 0 Å². The van der Waals surface area contributed by atoms with E-state index in [0.717, 1.165) is 12.1 Å². The second-order valence-electron chi connectivity index (χ2n) is 4.08. The number of rotatable bonds is 3. The zero-order valence-electron chi connectivity index (χ0n) is 10.6. The lowest BCUT2D eigenvalue weighted by Crippen LogP contribution is -2.19. The molecule has 2 aromatic carbocycles. The van der Waals surface area contributed by atoms with Crippen LogP contribution >= 0.6 is 0 Å². The Hall–Kier alpha value is -2.38. The highest BCUT2D eigenvalue weighted by Gasteiger charge is 2.33. The maximum Gasteiger partial charge on any atom is 0.573 e. The Morgan fingerprint density at radius 3 is 1.73 bits per heavy atom. The van der Waals surface area contributed by atoms with Crippen molar-refractivity contribution in [1.82, 2.24) is 0 Å². The van der Waals surface area contributed by atoms with Crippen LogP contribution in [0.15, 0.2) is 42.5 Å². The van der Waals surface area contributed by atoms with E-state index in [-0.39, 0.29) is 5.56 Å². The van der Waals surface area contributed by atoms with Crippen molar-refractivity contribution in [2.24, 2.45) is 0 Å². The van der Waals surface area contributed by atoms with Crippen LogP contribution in [0.4, 0.5) is 26.3 Å². The van der Waals surface area contributed by atoms with Gasteiger partial charge in [0.15, 0.2) is 0 Å². The van der Waals surface area contributed by atoms with Gasteiger partial charge in [0.1, 0.15) is 11.5 Å². The Labute approximate surface area is 120 Å². The lowest BCUT2D eigenvalue weighted by atomic mass is 10.1. The monoisotopic (exact) mass is 321 g/mol. The summed E-state index contributed by atoms with van der Waals surface area (Å²) >= 11 is 0. The van der Waals surface area contributed by atoms with E-state index in [1.54, 1.807) is 0 Å². The lowest BCUT2D eigenvalue weighted by molar-refractivity contribution is -0.276. The van der Waals surface area contributed by atoms with Crippen LogP contribution in [-0.4, -0.2) is 12.7 Å². The number of hydrogen-bond acceptors (Lipinski definition) is 2. The van der Waals surface area contributed by atoms with Gasteiger partial charge in [0, 0.05) is 6.07 Å². The Balaban J connectivity index is 2.44.